The van der Waals surface area contributed by atoms with Gasteiger partial charge >= 0.3 is 11.9 Å². The molecule has 0 saturated carbocycles. The first kappa shape index (κ1) is 37.5. The quantitative estimate of drug-likeness (QED) is 0.200. The molecular formula is C40H47N3O11S. The monoisotopic (exact) mass is 777 g/mol. The number of hydrogen-bond donors (Lipinski definition) is 4. The van der Waals surface area contributed by atoms with Crippen molar-refractivity contribution >= 4 is 23.7 Å². The number of carbonyl (C=O) groups excluding carboxylic acids is 2. The van der Waals surface area contributed by atoms with Gasteiger partial charge in [-0.2, -0.15) is 11.8 Å². The number of phenolic OH excluding ortho intramolecular Hbond substituents is 2. The van der Waals surface area contributed by atoms with E-state index in [1.807, 2.05) is 38.1 Å². The third kappa shape index (κ3) is 5.45. The molecule has 7 atom stereocenters. The van der Waals surface area contributed by atoms with Crippen LogP contribution in [0.4, 0.5) is 0 Å². The fourth-order valence-electron chi connectivity index (χ4n) is 9.79. The number of piperazine rings is 1. The molecule has 1 saturated heterocycles. The maximum atomic E-state index is 14.5. The van der Waals surface area contributed by atoms with Crippen molar-refractivity contribution < 1.29 is 53.3 Å². The van der Waals surface area contributed by atoms with Gasteiger partial charge in [-0.05, 0) is 81.3 Å². The fourth-order valence-corrected chi connectivity index (χ4v) is 10.8. The van der Waals surface area contributed by atoms with E-state index in [2.05, 4.69) is 10.2 Å². The third-order valence-electron chi connectivity index (χ3n) is 12.2. The van der Waals surface area contributed by atoms with Crippen LogP contribution in [0.25, 0.3) is 0 Å². The summed E-state index contributed by atoms with van der Waals surface area (Å²) >= 11 is 1.53. The van der Waals surface area contributed by atoms with Crippen LogP contribution in [0.3, 0.4) is 0 Å². The van der Waals surface area contributed by atoms with Crippen LogP contribution in [0, 0.1) is 13.8 Å². The number of fused-ring (bicyclic) bond motifs is 10. The maximum absolute atomic E-state index is 14.5. The van der Waals surface area contributed by atoms with Crippen LogP contribution in [-0.2, 0) is 32.7 Å². The van der Waals surface area contributed by atoms with Gasteiger partial charge in [-0.15, -0.1) is 0 Å². The summed E-state index contributed by atoms with van der Waals surface area (Å²) < 4.78 is 35.7. The van der Waals surface area contributed by atoms with Gasteiger partial charge in [-0.25, -0.2) is 4.79 Å². The zero-order chi connectivity index (χ0) is 39.2. The van der Waals surface area contributed by atoms with Crippen molar-refractivity contribution in [2.75, 3.05) is 47.5 Å². The first-order valence-corrected chi connectivity index (χ1v) is 19.6. The van der Waals surface area contributed by atoms with Crippen LogP contribution in [0.2, 0.25) is 0 Å². The summed E-state index contributed by atoms with van der Waals surface area (Å²) in [6.45, 7) is 6.96. The molecule has 5 aliphatic heterocycles. The van der Waals surface area contributed by atoms with Gasteiger partial charge in [0.05, 0.1) is 37.6 Å². The van der Waals surface area contributed by atoms with Crippen molar-refractivity contribution in [2.24, 2.45) is 0 Å². The van der Waals surface area contributed by atoms with Crippen molar-refractivity contribution in [3.63, 3.8) is 0 Å². The van der Waals surface area contributed by atoms with Gasteiger partial charge in [0.15, 0.2) is 34.5 Å². The molecule has 3 aromatic carbocycles. The molecule has 1 fully saturated rings. The molecule has 3 aromatic rings. The lowest BCUT2D eigenvalue weighted by molar-refractivity contribution is -0.185. The Labute approximate surface area is 323 Å². The number of thioether (sulfide) groups is 1. The Morgan fingerprint density at radius 2 is 1.78 bits per heavy atom. The lowest BCUT2D eigenvalue weighted by atomic mass is 9.73. The van der Waals surface area contributed by atoms with Gasteiger partial charge in [0, 0.05) is 41.8 Å². The molecule has 14 nitrogen and oxygen atoms in total. The number of aliphatic hydroxyl groups is 1. The van der Waals surface area contributed by atoms with Gasteiger partial charge in [0.1, 0.15) is 24.1 Å². The summed E-state index contributed by atoms with van der Waals surface area (Å²) in [6.07, 6.45) is 1.91. The van der Waals surface area contributed by atoms with E-state index in [0.717, 1.165) is 16.7 Å². The Hall–Kier alpha value is -4.41. The summed E-state index contributed by atoms with van der Waals surface area (Å²) in [5, 5.41) is 37.9. The van der Waals surface area contributed by atoms with Crippen molar-refractivity contribution in [3.8, 4) is 40.2 Å². The number of rotatable bonds is 7. The minimum atomic E-state index is -1.30. The summed E-state index contributed by atoms with van der Waals surface area (Å²) in [7, 11) is 4.93. The number of aromatic hydroxyl groups is 2. The molecule has 5 heterocycles. The number of nitrogens with one attached hydrogen (secondary N) is 1. The van der Waals surface area contributed by atoms with E-state index in [9.17, 15) is 24.9 Å². The highest BCUT2D eigenvalue weighted by Gasteiger charge is 2.60. The van der Waals surface area contributed by atoms with Crippen molar-refractivity contribution in [1.82, 2.24) is 15.1 Å². The molecule has 55 heavy (non-hydrogen) atoms. The van der Waals surface area contributed by atoms with Crippen LogP contribution in [0.1, 0.15) is 75.7 Å². The van der Waals surface area contributed by atoms with E-state index >= 15 is 0 Å². The maximum Gasteiger partial charge on any atom is 0.330 e. The van der Waals surface area contributed by atoms with Gasteiger partial charge < -0.3 is 43.7 Å². The van der Waals surface area contributed by atoms with Gasteiger partial charge in [0.25, 0.3) is 0 Å². The standard InChI is InChI=1S/C40H47N3O11S/c1-17-11-21-12-23-38(47)43-24(15-51-39(48)40(4)22-14-26(49-6)25(45)13-20(22)9-10-41-40)28-29(34(54-19(3)44)18(2)35-36(28)53-16-52-35)37(55-8)31(43)30(42(23)5)27(21)32(46)33(17)50-7/h11,13-14,23-24,30-31,37-38,41,45-47H,9-10,12,15-16H2,1-8H3/t23-,24+,30+,31-,37-,38+,40-/m1/s1. The zero-order valence-electron chi connectivity index (χ0n) is 32.1. The number of aryl methyl sites for hydroxylation is 1. The van der Waals surface area contributed by atoms with Gasteiger partial charge in [-0.1, -0.05) is 6.07 Å². The number of carbonyl (C=O) groups is 2. The van der Waals surface area contributed by atoms with Crippen LogP contribution >= 0.6 is 11.8 Å². The lowest BCUT2D eigenvalue weighted by Gasteiger charge is -2.61. The first-order valence-electron chi connectivity index (χ1n) is 18.3. The average molecular weight is 778 g/mol. The molecule has 0 aromatic heterocycles. The van der Waals surface area contributed by atoms with E-state index in [4.69, 9.17) is 28.4 Å². The number of benzene rings is 3. The number of phenols is 2. The highest BCUT2D eigenvalue weighted by atomic mass is 32.2. The van der Waals surface area contributed by atoms with Crippen LogP contribution in [0.15, 0.2) is 18.2 Å². The van der Waals surface area contributed by atoms with Crippen LogP contribution in [-0.4, -0.2) is 103 Å². The summed E-state index contributed by atoms with van der Waals surface area (Å²) in [5.74, 6) is 0.718. The number of esters is 2. The van der Waals surface area contributed by atoms with Crippen molar-refractivity contribution in [2.45, 2.75) is 81.7 Å². The lowest BCUT2D eigenvalue weighted by Crippen LogP contribution is -2.69. The predicted octanol–water partition coefficient (Wildman–Crippen LogP) is 4.05. The second-order valence-corrected chi connectivity index (χ2v) is 16.1. The molecule has 0 aliphatic carbocycles. The Kier molecular flexibility index (Phi) is 9.31. The Bertz CT molecular complexity index is 2110. The molecule has 294 valence electrons. The topological polar surface area (TPSA) is 169 Å². The second-order valence-electron chi connectivity index (χ2n) is 15.1. The van der Waals surface area contributed by atoms with Crippen LogP contribution < -0.4 is 29.0 Å². The number of likely N-dealkylation sites (N-methyl/N-ethyl adjacent to an activating group) is 1. The van der Waals surface area contributed by atoms with E-state index in [0.29, 0.717) is 70.2 Å². The predicted molar refractivity (Wildman–Crippen MR) is 201 cm³/mol. The van der Waals surface area contributed by atoms with E-state index in [-0.39, 0.29) is 30.6 Å². The van der Waals surface area contributed by atoms with Crippen molar-refractivity contribution in [1.29, 1.82) is 0 Å². The fraction of sp³-hybridized carbons (Fsp3) is 0.500. The number of nitrogens with zero attached hydrogens (tertiary/aromatic N) is 2. The normalized spacial score (nSPS) is 27.7. The molecule has 5 aliphatic rings. The van der Waals surface area contributed by atoms with Gasteiger partial charge in [0.2, 0.25) is 6.79 Å². The molecule has 15 heteroatoms. The third-order valence-corrected chi connectivity index (χ3v) is 13.3. The van der Waals surface area contributed by atoms with Crippen LogP contribution in [0.5, 0.6) is 40.2 Å². The SMILES string of the molecule is COc1cc2c(cc1O)CCN[C@@]2(C)C(=O)OC[C@H]1c2c3c(c(C)c(OC(C)=O)c2[C@@H](SC)[C@H]2[C@@H]4c5c(cc(C)c(OC)c5O)C[C@H]([C@H](O)N21)N4C)OCO3. The minimum absolute atomic E-state index is 0.0167. The Morgan fingerprint density at radius 1 is 1.04 bits per heavy atom. The number of methoxy groups -OCH3 is 2. The summed E-state index contributed by atoms with van der Waals surface area (Å²) in [5.41, 5.74) is 4.36. The molecular weight excluding hydrogens is 731 g/mol. The van der Waals surface area contributed by atoms with Crippen molar-refractivity contribution in [3.05, 3.63) is 62.7 Å². The molecule has 0 spiro atoms. The molecule has 2 bridgehead atoms. The smallest absolute Gasteiger partial charge is 0.330 e. The van der Waals surface area contributed by atoms with E-state index in [1.54, 1.807) is 19.1 Å². The first-order chi connectivity index (χ1) is 26.3. The second kappa shape index (κ2) is 13.7. The molecule has 0 unspecified atom stereocenters. The van der Waals surface area contributed by atoms with Gasteiger partial charge in [-0.3, -0.25) is 19.9 Å². The highest BCUT2D eigenvalue weighted by molar-refractivity contribution is 7.98. The molecule has 0 amide bonds. The minimum Gasteiger partial charge on any atom is -0.504 e. The molecule has 0 radical (unpaired) electrons. The zero-order valence-corrected chi connectivity index (χ0v) is 33.0. The number of hydrogen-bond acceptors (Lipinski definition) is 15. The summed E-state index contributed by atoms with van der Waals surface area (Å²) in [4.78, 5) is 31.4. The molecule has 8 rings (SSSR count). The average Bonchev–Trinajstić information content (AvgIpc) is 3.64. The number of aliphatic hydroxyl groups excluding tert-OH is 1. The largest absolute Gasteiger partial charge is 0.504 e. The van der Waals surface area contributed by atoms with E-state index in [1.165, 1.54) is 32.9 Å². The summed E-state index contributed by atoms with van der Waals surface area (Å²) in [6, 6.07) is 3.05. The Balaban J connectivity index is 1.31. The Morgan fingerprint density at radius 3 is 2.47 bits per heavy atom. The van der Waals surface area contributed by atoms with E-state index < -0.39 is 53.1 Å². The molecule has 4 N–H and O–H groups in total. The highest BCUT2D eigenvalue weighted by Crippen LogP contribution is 2.63. The number of ether oxygens (including phenoxy) is 6.